The van der Waals surface area contributed by atoms with Crippen LogP contribution in [-0.2, 0) is 14.8 Å². The van der Waals surface area contributed by atoms with Gasteiger partial charge in [-0.2, -0.15) is 0 Å². The first-order chi connectivity index (χ1) is 8.38. The van der Waals surface area contributed by atoms with Crippen molar-refractivity contribution in [2.24, 2.45) is 0 Å². The number of methoxy groups -OCH3 is 1. The van der Waals surface area contributed by atoms with Crippen molar-refractivity contribution in [1.29, 1.82) is 0 Å². The van der Waals surface area contributed by atoms with Crippen molar-refractivity contribution in [3.63, 3.8) is 0 Å². The highest BCUT2D eigenvalue weighted by molar-refractivity contribution is 7.89. The SMILES string of the molecule is COCC(O)CNS(=O)(=O)c1c(N)cccc1F. The zero-order chi connectivity index (χ0) is 13.8. The molecule has 0 aromatic heterocycles. The molecule has 6 nitrogen and oxygen atoms in total. The maximum atomic E-state index is 13.4. The molecule has 0 bridgehead atoms. The number of aliphatic hydroxyl groups excluding tert-OH is 1. The van der Waals surface area contributed by atoms with Gasteiger partial charge in [0.1, 0.15) is 10.7 Å². The maximum absolute atomic E-state index is 13.4. The number of halogens is 1. The summed E-state index contributed by atoms with van der Waals surface area (Å²) in [4.78, 5) is -0.616. The van der Waals surface area contributed by atoms with E-state index in [-0.39, 0.29) is 18.8 Å². The largest absolute Gasteiger partial charge is 0.398 e. The monoisotopic (exact) mass is 278 g/mol. The number of hydrogen-bond donors (Lipinski definition) is 3. The number of nitrogens with one attached hydrogen (secondary N) is 1. The zero-order valence-corrected chi connectivity index (χ0v) is 10.6. The molecule has 0 saturated carbocycles. The molecule has 8 heteroatoms. The number of nitrogens with two attached hydrogens (primary N) is 1. The van der Waals surface area contributed by atoms with Crippen LogP contribution in [0, 0.1) is 5.82 Å². The number of sulfonamides is 1. The van der Waals surface area contributed by atoms with E-state index in [1.165, 1.54) is 19.2 Å². The van der Waals surface area contributed by atoms with Crippen LogP contribution in [0.3, 0.4) is 0 Å². The third kappa shape index (κ3) is 3.64. The number of rotatable bonds is 6. The van der Waals surface area contributed by atoms with E-state index in [9.17, 15) is 17.9 Å². The molecule has 1 unspecified atom stereocenters. The molecule has 1 rings (SSSR count). The molecule has 0 fully saturated rings. The fourth-order valence-electron chi connectivity index (χ4n) is 1.34. The summed E-state index contributed by atoms with van der Waals surface area (Å²) in [7, 11) is -2.73. The summed E-state index contributed by atoms with van der Waals surface area (Å²) in [5.41, 5.74) is 5.24. The molecular formula is C10H15FN2O4S. The Morgan fingerprint density at radius 1 is 1.56 bits per heavy atom. The van der Waals surface area contributed by atoms with Gasteiger partial charge in [0.25, 0.3) is 0 Å². The van der Waals surface area contributed by atoms with E-state index >= 15 is 0 Å². The fourth-order valence-corrected chi connectivity index (χ4v) is 2.60. The van der Waals surface area contributed by atoms with Gasteiger partial charge in [0, 0.05) is 13.7 Å². The van der Waals surface area contributed by atoms with Gasteiger partial charge in [-0.25, -0.2) is 17.5 Å². The van der Waals surface area contributed by atoms with E-state index < -0.39 is 26.8 Å². The molecule has 0 saturated heterocycles. The van der Waals surface area contributed by atoms with Gasteiger partial charge in [0.2, 0.25) is 10.0 Å². The van der Waals surface area contributed by atoms with E-state index in [0.717, 1.165) is 6.07 Å². The van der Waals surface area contributed by atoms with Crippen LogP contribution >= 0.6 is 0 Å². The topological polar surface area (TPSA) is 102 Å². The second kappa shape index (κ2) is 6.10. The average Bonchev–Trinajstić information content (AvgIpc) is 2.26. The number of benzene rings is 1. The minimum absolute atomic E-state index is 0.0325. The summed E-state index contributed by atoms with van der Waals surface area (Å²) in [6, 6.07) is 3.59. The highest BCUT2D eigenvalue weighted by atomic mass is 32.2. The third-order valence-corrected chi connectivity index (χ3v) is 3.65. The van der Waals surface area contributed by atoms with Crippen molar-refractivity contribution < 1.29 is 22.7 Å². The van der Waals surface area contributed by atoms with Gasteiger partial charge in [-0.3, -0.25) is 0 Å². The molecule has 1 aromatic rings. The summed E-state index contributed by atoms with van der Waals surface area (Å²) in [5.74, 6) is -0.941. The number of ether oxygens (including phenoxy) is 1. The summed E-state index contributed by atoms with van der Waals surface area (Å²) in [6.45, 7) is -0.320. The summed E-state index contributed by atoms with van der Waals surface area (Å²) >= 11 is 0. The summed E-state index contributed by atoms with van der Waals surface area (Å²) in [5, 5.41) is 9.32. The van der Waals surface area contributed by atoms with Gasteiger partial charge in [-0.1, -0.05) is 6.07 Å². The average molecular weight is 278 g/mol. The maximum Gasteiger partial charge on any atom is 0.245 e. The minimum atomic E-state index is -4.10. The lowest BCUT2D eigenvalue weighted by Crippen LogP contribution is -2.35. The van der Waals surface area contributed by atoms with Crippen molar-refractivity contribution in [2.45, 2.75) is 11.0 Å². The van der Waals surface area contributed by atoms with Gasteiger partial charge < -0.3 is 15.6 Å². The number of nitrogen functional groups attached to an aromatic ring is 1. The minimum Gasteiger partial charge on any atom is -0.398 e. The van der Waals surface area contributed by atoms with E-state index in [1.54, 1.807) is 0 Å². The van der Waals surface area contributed by atoms with Crippen molar-refractivity contribution in [3.8, 4) is 0 Å². The first kappa shape index (κ1) is 14.8. The van der Waals surface area contributed by atoms with E-state index in [1.807, 2.05) is 0 Å². The lowest BCUT2D eigenvalue weighted by Gasteiger charge is -2.12. The van der Waals surface area contributed by atoms with Crippen LogP contribution in [0.2, 0.25) is 0 Å². The van der Waals surface area contributed by atoms with E-state index in [4.69, 9.17) is 5.73 Å². The smallest absolute Gasteiger partial charge is 0.245 e. The van der Waals surface area contributed by atoms with Crippen LogP contribution in [0.5, 0.6) is 0 Å². The van der Waals surface area contributed by atoms with Crippen LogP contribution in [0.1, 0.15) is 0 Å². The normalized spacial score (nSPS) is 13.5. The van der Waals surface area contributed by atoms with Crippen molar-refractivity contribution in [3.05, 3.63) is 24.0 Å². The molecule has 1 atom stereocenters. The molecule has 102 valence electrons. The highest BCUT2D eigenvalue weighted by Gasteiger charge is 2.22. The lowest BCUT2D eigenvalue weighted by molar-refractivity contribution is 0.0679. The molecule has 1 aromatic carbocycles. The van der Waals surface area contributed by atoms with E-state index in [0.29, 0.717) is 0 Å². The number of anilines is 1. The van der Waals surface area contributed by atoms with Gasteiger partial charge in [-0.15, -0.1) is 0 Å². The first-order valence-corrected chi connectivity index (χ1v) is 6.57. The molecule has 4 N–H and O–H groups in total. The fraction of sp³-hybridized carbons (Fsp3) is 0.400. The quantitative estimate of drug-likeness (QED) is 0.620. The predicted octanol–water partition coefficient (Wildman–Crippen LogP) is -0.306. The zero-order valence-electron chi connectivity index (χ0n) is 9.76. The second-order valence-corrected chi connectivity index (χ2v) is 5.32. The Kier molecular flexibility index (Phi) is 5.03. The standard InChI is InChI=1S/C10H15FN2O4S/c1-17-6-7(14)5-13-18(15,16)10-8(11)3-2-4-9(10)12/h2-4,7,13-14H,5-6,12H2,1H3. The van der Waals surface area contributed by atoms with Gasteiger partial charge in [-0.05, 0) is 12.1 Å². The Hall–Kier alpha value is -1.22. The third-order valence-electron chi connectivity index (χ3n) is 2.13. The second-order valence-electron chi connectivity index (χ2n) is 3.62. The number of hydrogen-bond acceptors (Lipinski definition) is 5. The van der Waals surface area contributed by atoms with Crippen molar-refractivity contribution in [1.82, 2.24) is 4.72 Å². The molecule has 0 aliphatic rings. The molecule has 0 aliphatic carbocycles. The molecule has 0 aliphatic heterocycles. The van der Waals surface area contributed by atoms with Gasteiger partial charge in [0.15, 0.2) is 0 Å². The Labute approximate surface area is 105 Å². The Balaban J connectivity index is 2.87. The highest BCUT2D eigenvalue weighted by Crippen LogP contribution is 2.21. The molecule has 0 radical (unpaired) electrons. The summed E-state index contributed by atoms with van der Waals surface area (Å²) in [6.07, 6.45) is -1.02. The van der Waals surface area contributed by atoms with Gasteiger partial charge in [0.05, 0.1) is 18.4 Å². The van der Waals surface area contributed by atoms with Crippen LogP contribution in [0.15, 0.2) is 23.1 Å². The van der Waals surface area contributed by atoms with Crippen LogP contribution < -0.4 is 10.5 Å². The lowest BCUT2D eigenvalue weighted by atomic mass is 10.3. The summed E-state index contributed by atoms with van der Waals surface area (Å²) < 4.78 is 43.7. The Morgan fingerprint density at radius 3 is 2.78 bits per heavy atom. The predicted molar refractivity (Wildman–Crippen MR) is 63.9 cm³/mol. The van der Waals surface area contributed by atoms with Crippen LogP contribution in [0.4, 0.5) is 10.1 Å². The van der Waals surface area contributed by atoms with E-state index in [2.05, 4.69) is 9.46 Å². The molecule has 18 heavy (non-hydrogen) atoms. The van der Waals surface area contributed by atoms with Crippen molar-refractivity contribution in [2.75, 3.05) is 26.0 Å². The Morgan fingerprint density at radius 2 is 2.22 bits per heavy atom. The van der Waals surface area contributed by atoms with Crippen LogP contribution in [-0.4, -0.2) is 39.9 Å². The molecular weight excluding hydrogens is 263 g/mol. The molecule has 0 spiro atoms. The first-order valence-electron chi connectivity index (χ1n) is 5.09. The molecule has 0 heterocycles. The molecule has 0 amide bonds. The number of aliphatic hydroxyl groups is 1. The van der Waals surface area contributed by atoms with Gasteiger partial charge >= 0.3 is 0 Å². The van der Waals surface area contributed by atoms with Crippen LogP contribution in [0.25, 0.3) is 0 Å². The Bertz CT molecular complexity index is 486. The van der Waals surface area contributed by atoms with Crippen molar-refractivity contribution >= 4 is 15.7 Å².